The second kappa shape index (κ2) is 11.2. The smallest absolute Gasteiger partial charge is 0.244 e. The van der Waals surface area contributed by atoms with Crippen molar-refractivity contribution in [2.45, 2.75) is 40.3 Å². The van der Waals surface area contributed by atoms with Crippen molar-refractivity contribution in [2.24, 2.45) is 0 Å². The maximum Gasteiger partial charge on any atom is 0.244 e. The van der Waals surface area contributed by atoms with Gasteiger partial charge >= 0.3 is 0 Å². The Balaban J connectivity index is 2.48. The number of hydrogen-bond donors (Lipinski definition) is 1. The molecule has 33 heavy (non-hydrogen) atoms. The lowest BCUT2D eigenvalue weighted by molar-refractivity contribution is -0.139. The van der Waals surface area contributed by atoms with Crippen molar-refractivity contribution in [3.8, 4) is 0 Å². The minimum Gasteiger partial charge on any atom is -0.355 e. The quantitative estimate of drug-likeness (QED) is 0.550. The predicted molar refractivity (Wildman–Crippen MR) is 133 cm³/mol. The van der Waals surface area contributed by atoms with Gasteiger partial charge in [-0.1, -0.05) is 35.3 Å². The average Bonchev–Trinajstić information content (AvgIpc) is 2.69. The molecule has 0 spiro atoms. The van der Waals surface area contributed by atoms with Crippen LogP contribution in [0.2, 0.25) is 10.0 Å². The van der Waals surface area contributed by atoms with Crippen molar-refractivity contribution in [3.63, 3.8) is 0 Å². The summed E-state index contributed by atoms with van der Waals surface area (Å²) in [6.07, 6.45) is 1.04. The Morgan fingerprint density at radius 3 is 2.09 bits per heavy atom. The van der Waals surface area contributed by atoms with E-state index in [-0.39, 0.29) is 12.5 Å². The fourth-order valence-corrected chi connectivity index (χ4v) is 4.82. The first kappa shape index (κ1) is 27.0. The van der Waals surface area contributed by atoms with Crippen LogP contribution in [0.5, 0.6) is 0 Å². The molecule has 0 heterocycles. The van der Waals surface area contributed by atoms with Gasteiger partial charge in [0.25, 0.3) is 0 Å². The van der Waals surface area contributed by atoms with Gasteiger partial charge in [0, 0.05) is 28.7 Å². The first-order chi connectivity index (χ1) is 15.3. The van der Waals surface area contributed by atoms with Gasteiger partial charge in [0.1, 0.15) is 12.6 Å². The molecule has 7 nitrogen and oxygen atoms in total. The van der Waals surface area contributed by atoms with Gasteiger partial charge < -0.3 is 10.2 Å². The van der Waals surface area contributed by atoms with Crippen molar-refractivity contribution in [3.05, 3.63) is 63.1 Å². The third kappa shape index (κ3) is 7.09. The predicted octanol–water partition coefficient (Wildman–Crippen LogP) is 3.93. The van der Waals surface area contributed by atoms with E-state index >= 15 is 0 Å². The minimum atomic E-state index is -3.79. The molecule has 2 aromatic carbocycles. The second-order valence-electron chi connectivity index (χ2n) is 7.91. The molecule has 0 bridgehead atoms. The molecular weight excluding hydrogens is 485 g/mol. The highest BCUT2D eigenvalue weighted by Crippen LogP contribution is 2.27. The topological polar surface area (TPSA) is 86.8 Å². The standard InChI is InChI=1S/C23H29Cl2N3O4S/c1-6-26-23(30)17(4)27(13-19-20(24)8-7-9-21(19)25)22(29)14-28(33(5,31)32)18-11-15(2)10-16(3)12-18/h7-12,17H,6,13-14H2,1-5H3,(H,26,30). The Morgan fingerprint density at radius 2 is 1.61 bits per heavy atom. The summed E-state index contributed by atoms with van der Waals surface area (Å²) in [5.41, 5.74) is 2.58. The summed E-state index contributed by atoms with van der Waals surface area (Å²) in [5.74, 6) is -0.930. The van der Waals surface area contributed by atoms with Crippen LogP contribution in [0.25, 0.3) is 0 Å². The molecule has 0 aliphatic rings. The van der Waals surface area contributed by atoms with Crippen LogP contribution in [0.4, 0.5) is 5.69 Å². The molecule has 0 aliphatic heterocycles. The van der Waals surface area contributed by atoms with E-state index in [1.165, 1.54) is 4.90 Å². The van der Waals surface area contributed by atoms with Crippen LogP contribution in [-0.4, -0.2) is 50.5 Å². The zero-order chi connectivity index (χ0) is 24.9. The number of benzene rings is 2. The molecule has 0 radical (unpaired) electrons. The molecule has 2 aromatic rings. The summed E-state index contributed by atoms with van der Waals surface area (Å²) < 4.78 is 26.3. The van der Waals surface area contributed by atoms with Gasteiger partial charge in [-0.15, -0.1) is 0 Å². The first-order valence-corrected chi connectivity index (χ1v) is 13.0. The van der Waals surface area contributed by atoms with E-state index < -0.39 is 28.5 Å². The molecule has 0 saturated carbocycles. The van der Waals surface area contributed by atoms with Gasteiger partial charge in [0.15, 0.2) is 0 Å². The maximum absolute atomic E-state index is 13.5. The molecule has 0 aliphatic carbocycles. The lowest BCUT2D eigenvalue weighted by Gasteiger charge is -2.32. The van der Waals surface area contributed by atoms with Crippen LogP contribution in [0.15, 0.2) is 36.4 Å². The zero-order valence-corrected chi connectivity index (χ0v) is 21.7. The van der Waals surface area contributed by atoms with Crippen molar-refractivity contribution in [1.82, 2.24) is 10.2 Å². The molecule has 2 amide bonds. The number of nitrogens with zero attached hydrogens (tertiary/aromatic N) is 2. The van der Waals surface area contributed by atoms with Gasteiger partial charge in [-0.05, 0) is 63.1 Å². The molecule has 1 N–H and O–H groups in total. The van der Waals surface area contributed by atoms with E-state index in [1.807, 2.05) is 19.9 Å². The highest BCUT2D eigenvalue weighted by molar-refractivity contribution is 7.92. The molecule has 2 rings (SSSR count). The number of aryl methyl sites for hydroxylation is 2. The van der Waals surface area contributed by atoms with Gasteiger partial charge in [-0.25, -0.2) is 8.42 Å². The number of carbonyl (C=O) groups excluding carboxylic acids is 2. The summed E-state index contributed by atoms with van der Waals surface area (Å²) in [6.45, 7) is 6.90. The second-order valence-corrected chi connectivity index (χ2v) is 10.6. The van der Waals surface area contributed by atoms with Crippen molar-refractivity contribution >= 4 is 50.7 Å². The first-order valence-electron chi connectivity index (χ1n) is 10.4. The number of halogens is 2. The fourth-order valence-electron chi connectivity index (χ4n) is 3.47. The van der Waals surface area contributed by atoms with E-state index in [9.17, 15) is 18.0 Å². The van der Waals surface area contributed by atoms with Crippen LogP contribution in [-0.2, 0) is 26.2 Å². The van der Waals surface area contributed by atoms with E-state index in [0.29, 0.717) is 27.8 Å². The van der Waals surface area contributed by atoms with Crippen molar-refractivity contribution < 1.29 is 18.0 Å². The lowest BCUT2D eigenvalue weighted by atomic mass is 10.1. The number of carbonyl (C=O) groups is 2. The molecule has 0 aromatic heterocycles. The molecular formula is C23H29Cl2N3O4S. The highest BCUT2D eigenvalue weighted by Gasteiger charge is 2.30. The Bertz CT molecular complexity index is 1100. The number of rotatable bonds is 9. The van der Waals surface area contributed by atoms with Crippen LogP contribution in [0.3, 0.4) is 0 Å². The summed E-state index contributed by atoms with van der Waals surface area (Å²) in [6, 6.07) is 9.38. The number of sulfonamides is 1. The third-order valence-electron chi connectivity index (χ3n) is 5.08. The number of nitrogens with one attached hydrogen (secondary N) is 1. The average molecular weight is 514 g/mol. The van der Waals surface area contributed by atoms with Gasteiger partial charge in [-0.2, -0.15) is 0 Å². The van der Waals surface area contributed by atoms with E-state index in [2.05, 4.69) is 5.32 Å². The number of anilines is 1. The number of hydrogen-bond acceptors (Lipinski definition) is 4. The maximum atomic E-state index is 13.5. The van der Waals surface area contributed by atoms with Crippen molar-refractivity contribution in [1.29, 1.82) is 0 Å². The molecule has 1 atom stereocenters. The van der Waals surface area contributed by atoms with Crippen LogP contribution in [0, 0.1) is 13.8 Å². The van der Waals surface area contributed by atoms with Crippen molar-refractivity contribution in [2.75, 3.05) is 23.7 Å². The molecule has 0 saturated heterocycles. The summed E-state index contributed by atoms with van der Waals surface area (Å²) >= 11 is 12.6. The number of amides is 2. The van der Waals surface area contributed by atoms with Crippen LogP contribution >= 0.6 is 23.2 Å². The summed E-state index contributed by atoms with van der Waals surface area (Å²) in [5, 5.41) is 3.39. The number of likely N-dealkylation sites (N-methyl/N-ethyl adjacent to an activating group) is 1. The molecule has 180 valence electrons. The Morgan fingerprint density at radius 1 is 1.06 bits per heavy atom. The molecule has 0 fully saturated rings. The SMILES string of the molecule is CCNC(=O)C(C)N(Cc1c(Cl)cccc1Cl)C(=O)CN(c1cc(C)cc(C)c1)S(C)(=O)=O. The Hall–Kier alpha value is -2.29. The Kier molecular flexibility index (Phi) is 9.17. The van der Waals surface area contributed by atoms with Crippen LogP contribution < -0.4 is 9.62 Å². The van der Waals surface area contributed by atoms with Gasteiger partial charge in [0.2, 0.25) is 21.8 Å². The molecule has 10 heteroatoms. The largest absolute Gasteiger partial charge is 0.355 e. The Labute approximate surface area is 205 Å². The minimum absolute atomic E-state index is 0.0555. The highest BCUT2D eigenvalue weighted by atomic mass is 35.5. The lowest BCUT2D eigenvalue weighted by Crippen LogP contribution is -2.51. The third-order valence-corrected chi connectivity index (χ3v) is 6.93. The summed E-state index contributed by atoms with van der Waals surface area (Å²) in [4.78, 5) is 27.4. The van der Waals surface area contributed by atoms with E-state index in [0.717, 1.165) is 21.7 Å². The monoisotopic (exact) mass is 513 g/mol. The van der Waals surface area contributed by atoms with Crippen LogP contribution in [0.1, 0.15) is 30.5 Å². The molecule has 1 unspecified atom stereocenters. The normalized spacial score (nSPS) is 12.2. The zero-order valence-electron chi connectivity index (χ0n) is 19.4. The van der Waals surface area contributed by atoms with E-state index in [1.54, 1.807) is 44.2 Å². The fraction of sp³-hybridized carbons (Fsp3) is 0.391. The summed E-state index contributed by atoms with van der Waals surface area (Å²) in [7, 11) is -3.79. The van der Waals surface area contributed by atoms with Gasteiger partial charge in [-0.3, -0.25) is 13.9 Å². The van der Waals surface area contributed by atoms with Gasteiger partial charge in [0.05, 0.1) is 11.9 Å². The van der Waals surface area contributed by atoms with E-state index in [4.69, 9.17) is 23.2 Å².